The standard InChI is InChI=1S/C14H9BrFNS/c15-11-3-1-2-4-13(11)18-14-8-17-12-6-5-9(16)7-10(12)14/h1-8,17H. The fourth-order valence-corrected chi connectivity index (χ4v) is 3.27. The van der Waals surface area contributed by atoms with E-state index >= 15 is 0 Å². The summed E-state index contributed by atoms with van der Waals surface area (Å²) in [4.78, 5) is 5.29. The molecule has 0 aliphatic rings. The Morgan fingerprint density at radius 2 is 1.89 bits per heavy atom. The molecule has 1 nitrogen and oxygen atoms in total. The normalized spacial score (nSPS) is 11.0. The zero-order valence-electron chi connectivity index (χ0n) is 9.28. The summed E-state index contributed by atoms with van der Waals surface area (Å²) in [6.45, 7) is 0. The van der Waals surface area contributed by atoms with Gasteiger partial charge in [0.2, 0.25) is 0 Å². The number of rotatable bonds is 2. The van der Waals surface area contributed by atoms with Crippen LogP contribution in [0.1, 0.15) is 0 Å². The third kappa shape index (κ3) is 2.18. The second-order valence-electron chi connectivity index (χ2n) is 3.88. The Morgan fingerprint density at radius 3 is 2.72 bits per heavy atom. The van der Waals surface area contributed by atoms with Gasteiger partial charge < -0.3 is 4.98 Å². The number of aromatic nitrogens is 1. The minimum atomic E-state index is -0.212. The number of fused-ring (bicyclic) bond motifs is 1. The molecule has 1 N–H and O–H groups in total. The number of aromatic amines is 1. The monoisotopic (exact) mass is 321 g/mol. The Balaban J connectivity index is 2.05. The van der Waals surface area contributed by atoms with Gasteiger partial charge in [-0.2, -0.15) is 0 Å². The van der Waals surface area contributed by atoms with Gasteiger partial charge in [-0.1, -0.05) is 23.9 Å². The Labute approximate surface area is 117 Å². The SMILES string of the molecule is Fc1ccc2[nH]cc(Sc3ccccc3Br)c2c1. The van der Waals surface area contributed by atoms with Crippen molar-refractivity contribution in [2.45, 2.75) is 9.79 Å². The van der Waals surface area contributed by atoms with Crippen molar-refractivity contribution in [2.75, 3.05) is 0 Å². The Hall–Kier alpha value is -1.26. The molecule has 3 rings (SSSR count). The van der Waals surface area contributed by atoms with Gasteiger partial charge in [-0.15, -0.1) is 0 Å². The third-order valence-corrected chi connectivity index (χ3v) is 4.75. The first-order valence-corrected chi connectivity index (χ1v) is 7.04. The molecule has 0 fully saturated rings. The maximum atomic E-state index is 13.3. The van der Waals surface area contributed by atoms with Crippen LogP contribution in [-0.2, 0) is 0 Å². The molecule has 1 heterocycles. The van der Waals surface area contributed by atoms with E-state index in [9.17, 15) is 4.39 Å². The summed E-state index contributed by atoms with van der Waals surface area (Å²) in [5, 5.41) is 0.913. The Morgan fingerprint density at radius 1 is 1.06 bits per heavy atom. The lowest BCUT2D eigenvalue weighted by Crippen LogP contribution is -1.76. The molecule has 18 heavy (non-hydrogen) atoms. The number of nitrogens with one attached hydrogen (secondary N) is 1. The summed E-state index contributed by atoms with van der Waals surface area (Å²) in [5.41, 5.74) is 0.950. The van der Waals surface area contributed by atoms with Crippen LogP contribution in [0.3, 0.4) is 0 Å². The lowest BCUT2D eigenvalue weighted by Gasteiger charge is -2.02. The van der Waals surface area contributed by atoms with Gasteiger partial charge in [-0.3, -0.25) is 0 Å². The third-order valence-electron chi connectivity index (χ3n) is 2.66. The van der Waals surface area contributed by atoms with E-state index in [1.165, 1.54) is 6.07 Å². The molecule has 90 valence electrons. The minimum Gasteiger partial charge on any atom is -0.360 e. The van der Waals surface area contributed by atoms with Crippen LogP contribution < -0.4 is 0 Å². The topological polar surface area (TPSA) is 15.8 Å². The quantitative estimate of drug-likeness (QED) is 0.684. The van der Waals surface area contributed by atoms with Gasteiger partial charge in [-0.25, -0.2) is 4.39 Å². The van der Waals surface area contributed by atoms with Gasteiger partial charge in [-0.05, 0) is 46.3 Å². The first-order chi connectivity index (χ1) is 8.74. The molecule has 0 radical (unpaired) electrons. The molecular formula is C14H9BrFNS. The number of hydrogen-bond donors (Lipinski definition) is 1. The van der Waals surface area contributed by atoms with E-state index in [0.29, 0.717) is 0 Å². The van der Waals surface area contributed by atoms with E-state index in [2.05, 4.69) is 20.9 Å². The van der Waals surface area contributed by atoms with E-state index in [1.54, 1.807) is 23.9 Å². The molecule has 3 aromatic rings. The molecule has 0 saturated carbocycles. The summed E-state index contributed by atoms with van der Waals surface area (Å²) < 4.78 is 14.3. The highest BCUT2D eigenvalue weighted by Gasteiger charge is 2.08. The highest BCUT2D eigenvalue weighted by atomic mass is 79.9. The summed E-state index contributed by atoms with van der Waals surface area (Å²) in [6.07, 6.45) is 1.91. The highest BCUT2D eigenvalue weighted by Crippen LogP contribution is 2.37. The van der Waals surface area contributed by atoms with Crippen molar-refractivity contribution in [1.29, 1.82) is 0 Å². The summed E-state index contributed by atoms with van der Waals surface area (Å²) in [5.74, 6) is -0.212. The summed E-state index contributed by atoms with van der Waals surface area (Å²) in [6, 6.07) is 12.8. The number of benzene rings is 2. The van der Waals surface area contributed by atoms with Crippen LogP contribution in [0.5, 0.6) is 0 Å². The lowest BCUT2D eigenvalue weighted by atomic mass is 10.2. The van der Waals surface area contributed by atoms with E-state index in [0.717, 1.165) is 25.2 Å². The van der Waals surface area contributed by atoms with Crippen molar-refractivity contribution in [2.24, 2.45) is 0 Å². The van der Waals surface area contributed by atoms with E-state index in [4.69, 9.17) is 0 Å². The van der Waals surface area contributed by atoms with Crippen LogP contribution in [0.15, 0.2) is 62.9 Å². The van der Waals surface area contributed by atoms with Crippen LogP contribution in [-0.4, -0.2) is 4.98 Å². The minimum absolute atomic E-state index is 0.212. The Bertz CT molecular complexity index is 708. The lowest BCUT2D eigenvalue weighted by molar-refractivity contribution is 0.629. The average Bonchev–Trinajstić information content (AvgIpc) is 2.75. The molecule has 0 aliphatic heterocycles. The molecule has 0 bridgehead atoms. The van der Waals surface area contributed by atoms with Crippen LogP contribution >= 0.6 is 27.7 Å². The molecule has 0 aliphatic carbocycles. The molecule has 0 unspecified atom stereocenters. The van der Waals surface area contributed by atoms with Crippen LogP contribution in [0.2, 0.25) is 0 Å². The van der Waals surface area contributed by atoms with Gasteiger partial charge >= 0.3 is 0 Å². The fourth-order valence-electron chi connectivity index (χ4n) is 1.80. The smallest absolute Gasteiger partial charge is 0.123 e. The van der Waals surface area contributed by atoms with Crippen LogP contribution in [0, 0.1) is 5.82 Å². The molecule has 0 atom stereocenters. The van der Waals surface area contributed by atoms with E-state index in [-0.39, 0.29) is 5.82 Å². The van der Waals surface area contributed by atoms with Crippen molar-refractivity contribution in [1.82, 2.24) is 4.98 Å². The van der Waals surface area contributed by atoms with Gasteiger partial charge in [0.15, 0.2) is 0 Å². The molecule has 0 spiro atoms. The fraction of sp³-hybridized carbons (Fsp3) is 0. The predicted octanol–water partition coefficient (Wildman–Crippen LogP) is 5.22. The molecule has 4 heteroatoms. The van der Waals surface area contributed by atoms with Crippen molar-refractivity contribution in [3.63, 3.8) is 0 Å². The molecular weight excluding hydrogens is 313 g/mol. The summed E-state index contributed by atoms with van der Waals surface area (Å²) >= 11 is 5.13. The second kappa shape index (κ2) is 4.78. The predicted molar refractivity (Wildman–Crippen MR) is 76.5 cm³/mol. The summed E-state index contributed by atoms with van der Waals surface area (Å²) in [7, 11) is 0. The van der Waals surface area contributed by atoms with Crippen molar-refractivity contribution in [3.05, 3.63) is 59.0 Å². The molecule has 0 saturated heterocycles. The first kappa shape index (κ1) is 11.8. The van der Waals surface area contributed by atoms with Gasteiger partial charge in [0, 0.05) is 31.4 Å². The largest absolute Gasteiger partial charge is 0.360 e. The average molecular weight is 322 g/mol. The second-order valence-corrected chi connectivity index (χ2v) is 5.81. The van der Waals surface area contributed by atoms with Crippen molar-refractivity contribution in [3.8, 4) is 0 Å². The van der Waals surface area contributed by atoms with Gasteiger partial charge in [0.1, 0.15) is 5.82 Å². The number of halogens is 2. The molecule has 2 aromatic carbocycles. The van der Waals surface area contributed by atoms with Crippen molar-refractivity contribution >= 4 is 38.6 Å². The van der Waals surface area contributed by atoms with Crippen LogP contribution in [0.4, 0.5) is 4.39 Å². The maximum Gasteiger partial charge on any atom is 0.123 e. The number of hydrogen-bond acceptors (Lipinski definition) is 1. The maximum absolute atomic E-state index is 13.3. The van der Waals surface area contributed by atoms with Gasteiger partial charge in [0.05, 0.1) is 0 Å². The van der Waals surface area contributed by atoms with Crippen LogP contribution in [0.25, 0.3) is 10.9 Å². The highest BCUT2D eigenvalue weighted by molar-refractivity contribution is 9.10. The Kier molecular flexibility index (Phi) is 3.14. The number of H-pyrrole nitrogens is 1. The molecule has 1 aromatic heterocycles. The zero-order chi connectivity index (χ0) is 12.5. The van der Waals surface area contributed by atoms with Gasteiger partial charge in [0.25, 0.3) is 0 Å². The molecule has 0 amide bonds. The van der Waals surface area contributed by atoms with Crippen molar-refractivity contribution < 1.29 is 4.39 Å². The van der Waals surface area contributed by atoms with E-state index in [1.807, 2.05) is 30.5 Å². The first-order valence-electron chi connectivity index (χ1n) is 5.43. The van der Waals surface area contributed by atoms with E-state index < -0.39 is 0 Å². The zero-order valence-corrected chi connectivity index (χ0v) is 11.7.